The van der Waals surface area contributed by atoms with Gasteiger partial charge in [0.05, 0.1) is 5.92 Å². The van der Waals surface area contributed by atoms with Crippen LogP contribution in [-0.4, -0.2) is 11.4 Å². The highest BCUT2D eigenvalue weighted by molar-refractivity contribution is 5.93. The maximum atomic E-state index is 13.4. The normalized spacial score (nSPS) is 25.7. The topological polar surface area (TPSA) is 55.1 Å². The number of halogens is 2. The van der Waals surface area contributed by atoms with Crippen LogP contribution in [0.5, 0.6) is 0 Å². The molecule has 0 aliphatic heterocycles. The van der Waals surface area contributed by atoms with Crippen molar-refractivity contribution < 1.29 is 9.18 Å². The molecule has 3 nitrogen and oxygen atoms in total. The van der Waals surface area contributed by atoms with Crippen molar-refractivity contribution in [3.8, 4) is 0 Å². The van der Waals surface area contributed by atoms with Gasteiger partial charge in [0.15, 0.2) is 0 Å². The van der Waals surface area contributed by atoms with Gasteiger partial charge < -0.3 is 11.1 Å². The minimum absolute atomic E-state index is 0. The van der Waals surface area contributed by atoms with Crippen molar-refractivity contribution in [3.05, 3.63) is 29.6 Å². The highest BCUT2D eigenvalue weighted by atomic mass is 35.5. The highest BCUT2D eigenvalue weighted by Gasteiger charge is 2.37. The fourth-order valence-electron chi connectivity index (χ4n) is 2.69. The Kier molecular flexibility index (Phi) is 5.54. The number of amides is 1. The van der Waals surface area contributed by atoms with E-state index in [4.69, 9.17) is 5.73 Å². The number of hydrogen-bond acceptors (Lipinski definition) is 2. The van der Waals surface area contributed by atoms with Gasteiger partial charge in [-0.1, -0.05) is 18.9 Å². The largest absolute Gasteiger partial charge is 0.326 e. The average Bonchev–Trinajstić information content (AvgIpc) is 2.33. The molecule has 2 atom stereocenters. The number of rotatable bonds is 2. The first-order chi connectivity index (χ1) is 8.90. The quantitative estimate of drug-likeness (QED) is 0.879. The maximum Gasteiger partial charge on any atom is 0.229 e. The third-order valence-electron chi connectivity index (χ3n) is 4.01. The van der Waals surface area contributed by atoms with Crippen molar-refractivity contribution in [2.24, 2.45) is 11.7 Å². The molecule has 3 N–H and O–H groups in total. The summed E-state index contributed by atoms with van der Waals surface area (Å²) in [4.78, 5) is 12.3. The van der Waals surface area contributed by atoms with Crippen LogP contribution < -0.4 is 11.1 Å². The zero-order chi connectivity index (χ0) is 14.0. The SMILES string of the molecule is Cc1ccc(NC(=O)C2CCCCC2(C)N)cc1F.Cl. The second-order valence-corrected chi connectivity index (χ2v) is 5.76. The van der Waals surface area contributed by atoms with E-state index in [1.807, 2.05) is 6.92 Å². The molecule has 1 aliphatic carbocycles. The molecular formula is C15H22ClFN2O. The third kappa shape index (κ3) is 3.70. The second kappa shape index (κ2) is 6.55. The van der Waals surface area contributed by atoms with E-state index in [0.29, 0.717) is 11.3 Å². The van der Waals surface area contributed by atoms with Crippen LogP contribution in [0.1, 0.15) is 38.2 Å². The van der Waals surface area contributed by atoms with Crippen molar-refractivity contribution >= 4 is 24.0 Å². The Morgan fingerprint density at radius 2 is 2.15 bits per heavy atom. The Bertz CT molecular complexity index is 491. The fraction of sp³-hybridized carbons (Fsp3) is 0.533. The Morgan fingerprint density at radius 1 is 1.45 bits per heavy atom. The van der Waals surface area contributed by atoms with E-state index in [-0.39, 0.29) is 30.0 Å². The molecule has 2 rings (SSSR count). The van der Waals surface area contributed by atoms with Gasteiger partial charge in [-0.25, -0.2) is 4.39 Å². The predicted octanol–water partition coefficient (Wildman–Crippen LogP) is 3.40. The van der Waals surface area contributed by atoms with Gasteiger partial charge in [0.25, 0.3) is 0 Å². The first-order valence-electron chi connectivity index (χ1n) is 6.76. The summed E-state index contributed by atoms with van der Waals surface area (Å²) in [6.07, 6.45) is 3.74. The van der Waals surface area contributed by atoms with Crippen molar-refractivity contribution in [3.63, 3.8) is 0 Å². The molecular weight excluding hydrogens is 279 g/mol. The Labute approximate surface area is 125 Å². The van der Waals surface area contributed by atoms with Gasteiger partial charge >= 0.3 is 0 Å². The summed E-state index contributed by atoms with van der Waals surface area (Å²) >= 11 is 0. The van der Waals surface area contributed by atoms with Gasteiger partial charge in [-0.05, 0) is 44.4 Å². The molecule has 1 aliphatic rings. The van der Waals surface area contributed by atoms with E-state index in [1.165, 1.54) is 6.07 Å². The van der Waals surface area contributed by atoms with E-state index >= 15 is 0 Å². The number of benzene rings is 1. The van der Waals surface area contributed by atoms with E-state index in [2.05, 4.69) is 5.32 Å². The fourth-order valence-corrected chi connectivity index (χ4v) is 2.69. The number of hydrogen-bond donors (Lipinski definition) is 2. The van der Waals surface area contributed by atoms with Crippen LogP contribution in [0, 0.1) is 18.7 Å². The van der Waals surface area contributed by atoms with Crippen molar-refractivity contribution in [2.45, 2.75) is 45.1 Å². The van der Waals surface area contributed by atoms with Crippen LogP contribution in [0.3, 0.4) is 0 Å². The lowest BCUT2D eigenvalue weighted by atomic mass is 9.74. The molecule has 1 fully saturated rings. The molecule has 5 heteroatoms. The number of nitrogens with one attached hydrogen (secondary N) is 1. The number of carbonyl (C=O) groups is 1. The molecule has 112 valence electrons. The summed E-state index contributed by atoms with van der Waals surface area (Å²) in [7, 11) is 0. The summed E-state index contributed by atoms with van der Waals surface area (Å²) in [5.41, 5.74) is 6.79. The standard InChI is InChI=1S/C15H21FN2O.ClH/c1-10-6-7-11(9-13(10)16)18-14(19)12-5-3-4-8-15(12,2)17;/h6-7,9,12H,3-5,8,17H2,1-2H3,(H,18,19);1H. The minimum Gasteiger partial charge on any atom is -0.326 e. The molecule has 0 heterocycles. The van der Waals surface area contributed by atoms with Crippen LogP contribution in [0.25, 0.3) is 0 Å². The predicted molar refractivity (Wildman–Crippen MR) is 81.6 cm³/mol. The number of carbonyl (C=O) groups excluding carboxylic acids is 1. The summed E-state index contributed by atoms with van der Waals surface area (Å²) < 4.78 is 13.4. The summed E-state index contributed by atoms with van der Waals surface area (Å²) in [6.45, 7) is 3.62. The Hall–Kier alpha value is -1.13. The monoisotopic (exact) mass is 300 g/mol. The van der Waals surface area contributed by atoms with Gasteiger partial charge in [0.2, 0.25) is 5.91 Å². The number of nitrogens with two attached hydrogens (primary N) is 1. The molecule has 0 spiro atoms. The molecule has 20 heavy (non-hydrogen) atoms. The Morgan fingerprint density at radius 3 is 2.75 bits per heavy atom. The van der Waals surface area contributed by atoms with Crippen LogP contribution >= 0.6 is 12.4 Å². The van der Waals surface area contributed by atoms with Crippen LogP contribution in [0.2, 0.25) is 0 Å². The van der Waals surface area contributed by atoms with E-state index < -0.39 is 5.54 Å². The molecule has 1 saturated carbocycles. The minimum atomic E-state index is -0.467. The van der Waals surface area contributed by atoms with Gasteiger partial charge in [-0.3, -0.25) is 4.79 Å². The lowest BCUT2D eigenvalue weighted by Crippen LogP contribution is -2.51. The van der Waals surface area contributed by atoms with Crippen LogP contribution in [0.15, 0.2) is 18.2 Å². The lowest BCUT2D eigenvalue weighted by molar-refractivity contribution is -0.122. The summed E-state index contributed by atoms with van der Waals surface area (Å²) in [6, 6.07) is 4.73. The second-order valence-electron chi connectivity index (χ2n) is 5.76. The van der Waals surface area contributed by atoms with Gasteiger partial charge in [0.1, 0.15) is 5.82 Å². The molecule has 1 aromatic rings. The third-order valence-corrected chi connectivity index (χ3v) is 4.01. The summed E-state index contributed by atoms with van der Waals surface area (Å²) in [5, 5.41) is 2.78. The zero-order valence-corrected chi connectivity index (χ0v) is 12.7. The van der Waals surface area contributed by atoms with E-state index in [1.54, 1.807) is 19.1 Å². The molecule has 0 saturated heterocycles. The number of anilines is 1. The van der Waals surface area contributed by atoms with Crippen LogP contribution in [-0.2, 0) is 4.79 Å². The highest BCUT2D eigenvalue weighted by Crippen LogP contribution is 2.32. The van der Waals surface area contributed by atoms with E-state index in [0.717, 1.165) is 25.7 Å². The van der Waals surface area contributed by atoms with Gasteiger partial charge in [-0.15, -0.1) is 12.4 Å². The van der Waals surface area contributed by atoms with Crippen LogP contribution in [0.4, 0.5) is 10.1 Å². The van der Waals surface area contributed by atoms with E-state index in [9.17, 15) is 9.18 Å². The van der Waals surface area contributed by atoms with Gasteiger partial charge in [0, 0.05) is 11.2 Å². The Balaban J connectivity index is 0.00000200. The smallest absolute Gasteiger partial charge is 0.229 e. The molecule has 0 aromatic heterocycles. The lowest BCUT2D eigenvalue weighted by Gasteiger charge is -2.37. The van der Waals surface area contributed by atoms with Crippen molar-refractivity contribution in [1.29, 1.82) is 0 Å². The zero-order valence-electron chi connectivity index (χ0n) is 11.9. The maximum absolute atomic E-state index is 13.4. The first-order valence-corrected chi connectivity index (χ1v) is 6.76. The molecule has 1 amide bonds. The van der Waals surface area contributed by atoms with Crippen molar-refractivity contribution in [1.82, 2.24) is 0 Å². The van der Waals surface area contributed by atoms with Crippen molar-refractivity contribution in [2.75, 3.05) is 5.32 Å². The molecule has 2 unspecified atom stereocenters. The molecule has 1 aromatic carbocycles. The molecule has 0 radical (unpaired) electrons. The number of aryl methyl sites for hydroxylation is 1. The molecule has 0 bridgehead atoms. The van der Waals surface area contributed by atoms with Gasteiger partial charge in [-0.2, -0.15) is 0 Å². The average molecular weight is 301 g/mol. The summed E-state index contributed by atoms with van der Waals surface area (Å²) in [5.74, 6) is -0.615. The first kappa shape index (κ1) is 16.9.